The normalized spacial score (nSPS) is 20.3. The lowest BCUT2D eigenvalue weighted by molar-refractivity contribution is -0.124. The van der Waals surface area contributed by atoms with Gasteiger partial charge in [0.1, 0.15) is 5.78 Å². The number of benzene rings is 1. The van der Waals surface area contributed by atoms with Gasteiger partial charge in [0.25, 0.3) is 5.91 Å². The van der Waals surface area contributed by atoms with E-state index in [0.717, 1.165) is 50.9 Å². The Morgan fingerprint density at radius 2 is 1.64 bits per heavy atom. The summed E-state index contributed by atoms with van der Waals surface area (Å²) in [6.07, 6.45) is 8.59. The summed E-state index contributed by atoms with van der Waals surface area (Å²) >= 11 is 0. The average Bonchev–Trinajstić information content (AvgIpc) is 2.68. The van der Waals surface area contributed by atoms with Gasteiger partial charge in [0.15, 0.2) is 0 Å². The van der Waals surface area contributed by atoms with E-state index in [1.165, 1.54) is 19.3 Å². The van der Waals surface area contributed by atoms with Crippen LogP contribution in [0.4, 0.5) is 0 Å². The zero-order chi connectivity index (χ0) is 17.5. The zero-order valence-corrected chi connectivity index (χ0v) is 15.1. The summed E-state index contributed by atoms with van der Waals surface area (Å²) in [5, 5.41) is 3.14. The highest BCUT2D eigenvalue weighted by Gasteiger charge is 2.24. The van der Waals surface area contributed by atoms with Crippen molar-refractivity contribution >= 4 is 11.7 Å². The van der Waals surface area contributed by atoms with E-state index in [0.29, 0.717) is 18.1 Å². The molecule has 1 aromatic rings. The summed E-state index contributed by atoms with van der Waals surface area (Å²) < 4.78 is 0. The van der Waals surface area contributed by atoms with E-state index >= 15 is 0 Å². The molecule has 0 unspecified atom stereocenters. The molecular weight excluding hydrogens is 312 g/mol. The van der Waals surface area contributed by atoms with E-state index in [2.05, 4.69) is 10.2 Å². The van der Waals surface area contributed by atoms with Gasteiger partial charge in [0, 0.05) is 43.6 Å². The number of likely N-dealkylation sites (tertiary alicyclic amines) is 1. The molecule has 4 heteroatoms. The van der Waals surface area contributed by atoms with Crippen LogP contribution in [0, 0.1) is 5.92 Å². The molecule has 3 rings (SSSR count). The Morgan fingerprint density at radius 1 is 0.960 bits per heavy atom. The van der Waals surface area contributed by atoms with Crippen molar-refractivity contribution in [3.63, 3.8) is 0 Å². The first kappa shape index (κ1) is 18.1. The average molecular weight is 342 g/mol. The Balaban J connectivity index is 1.35. The summed E-state index contributed by atoms with van der Waals surface area (Å²) in [6.45, 7) is 2.82. The summed E-state index contributed by atoms with van der Waals surface area (Å²) in [6, 6.07) is 9.65. The molecule has 1 aromatic carbocycles. The summed E-state index contributed by atoms with van der Waals surface area (Å²) in [5.74, 6) is 0.821. The molecule has 1 heterocycles. The Morgan fingerprint density at radius 3 is 2.32 bits per heavy atom. The lowest BCUT2D eigenvalue weighted by Gasteiger charge is -2.32. The molecule has 2 fully saturated rings. The van der Waals surface area contributed by atoms with Crippen molar-refractivity contribution in [3.05, 3.63) is 35.9 Å². The SMILES string of the molecule is O=C(NC1CCN(CCC(=O)C2CCCCC2)CC1)c1ccccc1. The third-order valence-electron chi connectivity index (χ3n) is 5.69. The molecule has 1 N–H and O–H groups in total. The number of nitrogens with zero attached hydrogens (tertiary/aromatic N) is 1. The topological polar surface area (TPSA) is 49.4 Å². The van der Waals surface area contributed by atoms with Gasteiger partial charge in [-0.2, -0.15) is 0 Å². The van der Waals surface area contributed by atoms with Gasteiger partial charge in [-0.05, 0) is 37.8 Å². The van der Waals surface area contributed by atoms with Crippen molar-refractivity contribution in [2.75, 3.05) is 19.6 Å². The number of carbonyl (C=O) groups is 2. The van der Waals surface area contributed by atoms with Crippen molar-refractivity contribution < 1.29 is 9.59 Å². The minimum Gasteiger partial charge on any atom is -0.349 e. The summed E-state index contributed by atoms with van der Waals surface area (Å²) in [7, 11) is 0. The molecule has 1 saturated heterocycles. The predicted molar refractivity (Wildman–Crippen MR) is 99.6 cm³/mol. The second kappa shape index (κ2) is 9.14. The van der Waals surface area contributed by atoms with Crippen LogP contribution in [0.5, 0.6) is 0 Å². The number of hydrogen-bond acceptors (Lipinski definition) is 3. The Bertz CT molecular complexity index is 559. The lowest BCUT2D eigenvalue weighted by atomic mass is 9.85. The number of Topliss-reactive ketones (excluding diaryl/α,β-unsaturated/α-hetero) is 1. The number of ketones is 1. The van der Waals surface area contributed by atoms with Gasteiger partial charge in [-0.3, -0.25) is 9.59 Å². The van der Waals surface area contributed by atoms with Crippen molar-refractivity contribution in [2.45, 2.75) is 57.4 Å². The number of amides is 1. The Hall–Kier alpha value is -1.68. The summed E-state index contributed by atoms with van der Waals surface area (Å²) in [5.41, 5.74) is 0.725. The fraction of sp³-hybridized carbons (Fsp3) is 0.619. The minimum absolute atomic E-state index is 0.0199. The number of carbonyl (C=O) groups excluding carboxylic acids is 2. The number of rotatable bonds is 6. The number of nitrogens with one attached hydrogen (secondary N) is 1. The first-order valence-electron chi connectivity index (χ1n) is 9.83. The fourth-order valence-corrected chi connectivity index (χ4v) is 4.06. The van der Waals surface area contributed by atoms with Gasteiger partial charge >= 0.3 is 0 Å². The van der Waals surface area contributed by atoms with Crippen molar-refractivity contribution in [1.29, 1.82) is 0 Å². The van der Waals surface area contributed by atoms with Crippen LogP contribution in [0.2, 0.25) is 0 Å². The van der Waals surface area contributed by atoms with Gasteiger partial charge in [-0.1, -0.05) is 37.5 Å². The molecule has 0 bridgehead atoms. The highest BCUT2D eigenvalue weighted by molar-refractivity contribution is 5.94. The van der Waals surface area contributed by atoms with Crippen LogP contribution in [-0.4, -0.2) is 42.3 Å². The maximum absolute atomic E-state index is 12.3. The fourth-order valence-electron chi connectivity index (χ4n) is 4.06. The predicted octanol–water partition coefficient (Wildman–Crippen LogP) is 3.42. The van der Waals surface area contributed by atoms with E-state index < -0.39 is 0 Å². The standard InChI is InChI=1S/C21H30N2O2/c24-20(17-7-3-1-4-8-17)13-16-23-14-11-19(12-15-23)22-21(25)18-9-5-2-6-10-18/h2,5-6,9-10,17,19H,1,3-4,7-8,11-16H2,(H,22,25). The molecule has 0 spiro atoms. The highest BCUT2D eigenvalue weighted by atomic mass is 16.1. The van der Waals surface area contributed by atoms with E-state index in [1.807, 2.05) is 30.3 Å². The molecule has 0 radical (unpaired) electrons. The van der Waals surface area contributed by atoms with E-state index in [4.69, 9.17) is 0 Å². The smallest absolute Gasteiger partial charge is 0.251 e. The Kier molecular flexibility index (Phi) is 6.62. The minimum atomic E-state index is 0.0199. The molecule has 1 aliphatic heterocycles. The van der Waals surface area contributed by atoms with Gasteiger partial charge in [0.05, 0.1) is 0 Å². The van der Waals surface area contributed by atoms with Crippen molar-refractivity contribution in [3.8, 4) is 0 Å². The molecule has 2 aliphatic rings. The molecule has 0 atom stereocenters. The third-order valence-corrected chi connectivity index (χ3v) is 5.69. The molecule has 25 heavy (non-hydrogen) atoms. The molecule has 4 nitrogen and oxygen atoms in total. The van der Waals surface area contributed by atoms with E-state index in [9.17, 15) is 9.59 Å². The van der Waals surface area contributed by atoms with Crippen LogP contribution >= 0.6 is 0 Å². The third kappa shape index (κ3) is 5.40. The maximum atomic E-state index is 12.3. The second-order valence-electron chi connectivity index (χ2n) is 7.51. The van der Waals surface area contributed by atoms with Crippen LogP contribution in [-0.2, 0) is 4.79 Å². The monoisotopic (exact) mass is 342 g/mol. The molecule has 1 aliphatic carbocycles. The van der Waals surface area contributed by atoms with Gasteiger partial charge in [-0.15, -0.1) is 0 Å². The van der Waals surface area contributed by atoms with E-state index in [-0.39, 0.29) is 11.9 Å². The first-order chi connectivity index (χ1) is 12.2. The zero-order valence-electron chi connectivity index (χ0n) is 15.1. The molecule has 136 valence electrons. The molecule has 0 aromatic heterocycles. The molecule has 1 amide bonds. The van der Waals surface area contributed by atoms with Crippen LogP contribution in [0.3, 0.4) is 0 Å². The highest BCUT2D eigenvalue weighted by Crippen LogP contribution is 2.25. The number of piperidine rings is 1. The van der Waals surface area contributed by atoms with Crippen molar-refractivity contribution in [1.82, 2.24) is 10.2 Å². The first-order valence-corrected chi connectivity index (χ1v) is 9.83. The van der Waals surface area contributed by atoms with Crippen LogP contribution < -0.4 is 5.32 Å². The van der Waals surface area contributed by atoms with Gasteiger partial charge < -0.3 is 10.2 Å². The quantitative estimate of drug-likeness (QED) is 0.862. The van der Waals surface area contributed by atoms with Crippen LogP contribution in [0.25, 0.3) is 0 Å². The van der Waals surface area contributed by atoms with E-state index in [1.54, 1.807) is 0 Å². The second-order valence-corrected chi connectivity index (χ2v) is 7.51. The van der Waals surface area contributed by atoms with Crippen LogP contribution in [0.1, 0.15) is 61.7 Å². The largest absolute Gasteiger partial charge is 0.349 e. The molecule has 1 saturated carbocycles. The van der Waals surface area contributed by atoms with Gasteiger partial charge in [-0.25, -0.2) is 0 Å². The van der Waals surface area contributed by atoms with Gasteiger partial charge in [0.2, 0.25) is 0 Å². The lowest BCUT2D eigenvalue weighted by Crippen LogP contribution is -2.45. The van der Waals surface area contributed by atoms with Crippen molar-refractivity contribution in [2.24, 2.45) is 5.92 Å². The Labute approximate surface area is 151 Å². The number of hydrogen-bond donors (Lipinski definition) is 1. The molecular formula is C21H30N2O2. The van der Waals surface area contributed by atoms with Crippen LogP contribution in [0.15, 0.2) is 30.3 Å². The maximum Gasteiger partial charge on any atom is 0.251 e. The summed E-state index contributed by atoms with van der Waals surface area (Å²) in [4.78, 5) is 26.9.